The molecule has 122 valence electrons. The zero-order chi connectivity index (χ0) is 16.7. The van der Waals surface area contributed by atoms with Crippen LogP contribution in [0.4, 0.5) is 0 Å². The van der Waals surface area contributed by atoms with Crippen molar-refractivity contribution < 1.29 is 9.59 Å². The molecule has 0 fully saturated rings. The maximum Gasteiger partial charge on any atom is 0.242 e. The number of rotatable bonds is 7. The van der Waals surface area contributed by atoms with E-state index in [1.807, 2.05) is 45.9 Å². The first kappa shape index (κ1) is 18.2. The molecule has 0 bridgehead atoms. The quantitative estimate of drug-likeness (QED) is 0.842. The van der Waals surface area contributed by atoms with Crippen molar-refractivity contribution in [3.63, 3.8) is 0 Å². The summed E-state index contributed by atoms with van der Waals surface area (Å²) in [6.07, 6.45) is 0.396. The largest absolute Gasteiger partial charge is 0.354 e. The van der Waals surface area contributed by atoms with Gasteiger partial charge >= 0.3 is 0 Å². The van der Waals surface area contributed by atoms with Gasteiger partial charge in [-0.3, -0.25) is 9.59 Å². The van der Waals surface area contributed by atoms with Gasteiger partial charge in [0, 0.05) is 19.5 Å². The lowest BCUT2D eigenvalue weighted by Gasteiger charge is -2.28. The summed E-state index contributed by atoms with van der Waals surface area (Å²) in [5.74, 6) is 0.292. The molecule has 4 nitrogen and oxygen atoms in total. The molecule has 2 amide bonds. The van der Waals surface area contributed by atoms with Gasteiger partial charge in [0.15, 0.2) is 0 Å². The van der Waals surface area contributed by atoms with Gasteiger partial charge in [0.2, 0.25) is 11.8 Å². The fraction of sp³-hybridized carbons (Fsp3) is 0.556. The molecule has 0 aliphatic rings. The van der Waals surface area contributed by atoms with E-state index in [1.54, 1.807) is 11.8 Å². The Bertz CT molecular complexity index is 512. The zero-order valence-electron chi connectivity index (χ0n) is 14.3. The Balaban J connectivity index is 2.83. The Kier molecular flexibility index (Phi) is 7.09. The molecule has 0 aliphatic heterocycles. The van der Waals surface area contributed by atoms with Gasteiger partial charge in [-0.1, -0.05) is 50.6 Å². The van der Waals surface area contributed by atoms with E-state index in [-0.39, 0.29) is 11.8 Å². The molecule has 1 aromatic rings. The number of benzene rings is 1. The second-order valence-corrected chi connectivity index (χ2v) is 6.18. The van der Waals surface area contributed by atoms with E-state index >= 15 is 0 Å². The number of amides is 2. The highest BCUT2D eigenvalue weighted by Gasteiger charge is 2.24. The highest BCUT2D eigenvalue weighted by molar-refractivity contribution is 5.87. The van der Waals surface area contributed by atoms with Gasteiger partial charge in [-0.15, -0.1) is 0 Å². The molecule has 0 saturated carbocycles. The number of nitrogens with one attached hydrogen (secondary N) is 1. The third kappa shape index (κ3) is 5.51. The normalized spacial score (nSPS) is 12.1. The van der Waals surface area contributed by atoms with Crippen LogP contribution in [0.25, 0.3) is 0 Å². The highest BCUT2D eigenvalue weighted by Crippen LogP contribution is 2.12. The minimum atomic E-state index is -0.466. The SMILES string of the molecule is CCC(=O)N(Cc1cccc(C)c1)[C@H](C)C(=O)NCC(C)C. The van der Waals surface area contributed by atoms with E-state index in [9.17, 15) is 9.59 Å². The van der Waals surface area contributed by atoms with E-state index in [0.29, 0.717) is 25.4 Å². The minimum Gasteiger partial charge on any atom is -0.354 e. The third-order valence-electron chi connectivity index (χ3n) is 3.59. The maximum absolute atomic E-state index is 12.3. The van der Waals surface area contributed by atoms with Gasteiger partial charge in [0.1, 0.15) is 6.04 Å². The summed E-state index contributed by atoms with van der Waals surface area (Å²) in [5.41, 5.74) is 2.20. The van der Waals surface area contributed by atoms with E-state index in [2.05, 4.69) is 11.4 Å². The van der Waals surface area contributed by atoms with Crippen LogP contribution in [-0.2, 0) is 16.1 Å². The van der Waals surface area contributed by atoms with Crippen molar-refractivity contribution in [3.05, 3.63) is 35.4 Å². The molecule has 1 N–H and O–H groups in total. The fourth-order valence-electron chi connectivity index (χ4n) is 2.25. The Hall–Kier alpha value is -1.84. The Morgan fingerprint density at radius 1 is 1.23 bits per heavy atom. The first-order chi connectivity index (χ1) is 10.3. The number of hydrogen-bond acceptors (Lipinski definition) is 2. The molecule has 1 aromatic carbocycles. The van der Waals surface area contributed by atoms with Gasteiger partial charge in [-0.2, -0.15) is 0 Å². The molecule has 22 heavy (non-hydrogen) atoms. The van der Waals surface area contributed by atoms with Crippen LogP contribution >= 0.6 is 0 Å². The van der Waals surface area contributed by atoms with Crippen molar-refractivity contribution in [2.75, 3.05) is 6.54 Å². The molecular formula is C18H28N2O2. The molecule has 0 spiro atoms. The summed E-state index contributed by atoms with van der Waals surface area (Å²) in [6.45, 7) is 10.8. The van der Waals surface area contributed by atoms with Gasteiger partial charge in [-0.05, 0) is 25.3 Å². The summed E-state index contributed by atoms with van der Waals surface area (Å²) < 4.78 is 0. The predicted molar refractivity (Wildman–Crippen MR) is 89.3 cm³/mol. The van der Waals surface area contributed by atoms with Crippen molar-refractivity contribution >= 4 is 11.8 Å². The average molecular weight is 304 g/mol. The van der Waals surface area contributed by atoms with E-state index in [4.69, 9.17) is 0 Å². The van der Waals surface area contributed by atoms with E-state index < -0.39 is 6.04 Å². The molecule has 1 atom stereocenters. The summed E-state index contributed by atoms with van der Waals surface area (Å²) in [6, 6.07) is 7.57. The topological polar surface area (TPSA) is 49.4 Å². The van der Waals surface area contributed by atoms with Crippen molar-refractivity contribution in [1.29, 1.82) is 0 Å². The van der Waals surface area contributed by atoms with Crippen molar-refractivity contribution in [2.45, 2.75) is 53.6 Å². The summed E-state index contributed by atoms with van der Waals surface area (Å²) >= 11 is 0. The average Bonchev–Trinajstić information content (AvgIpc) is 2.48. The molecule has 0 saturated heterocycles. The lowest BCUT2D eigenvalue weighted by atomic mass is 10.1. The predicted octanol–water partition coefficient (Wildman–Crippen LogP) is 2.89. The summed E-state index contributed by atoms with van der Waals surface area (Å²) in [4.78, 5) is 26.1. The maximum atomic E-state index is 12.3. The lowest BCUT2D eigenvalue weighted by Crippen LogP contribution is -2.48. The second kappa shape index (κ2) is 8.57. The van der Waals surface area contributed by atoms with Crippen LogP contribution in [0.3, 0.4) is 0 Å². The van der Waals surface area contributed by atoms with Crippen molar-refractivity contribution in [1.82, 2.24) is 10.2 Å². The minimum absolute atomic E-state index is 0.00583. The van der Waals surface area contributed by atoms with Crippen LogP contribution in [0.15, 0.2) is 24.3 Å². The molecule has 0 unspecified atom stereocenters. The van der Waals surface area contributed by atoms with Gasteiger partial charge in [-0.25, -0.2) is 0 Å². The van der Waals surface area contributed by atoms with Gasteiger partial charge < -0.3 is 10.2 Å². The number of carbonyl (C=O) groups is 2. The van der Waals surface area contributed by atoms with Crippen LogP contribution in [0, 0.1) is 12.8 Å². The fourth-order valence-corrected chi connectivity index (χ4v) is 2.25. The van der Waals surface area contributed by atoms with Crippen LogP contribution in [0.2, 0.25) is 0 Å². The summed E-state index contributed by atoms with van der Waals surface area (Å²) in [5, 5.41) is 2.91. The summed E-state index contributed by atoms with van der Waals surface area (Å²) in [7, 11) is 0. The van der Waals surface area contributed by atoms with Gasteiger partial charge in [0.25, 0.3) is 0 Å². The molecule has 0 aromatic heterocycles. The molecule has 0 aliphatic carbocycles. The smallest absolute Gasteiger partial charge is 0.242 e. The monoisotopic (exact) mass is 304 g/mol. The van der Waals surface area contributed by atoms with Crippen LogP contribution in [-0.4, -0.2) is 29.3 Å². The first-order valence-electron chi connectivity index (χ1n) is 7.97. The highest BCUT2D eigenvalue weighted by atomic mass is 16.2. The molecule has 4 heteroatoms. The number of hydrogen-bond donors (Lipinski definition) is 1. The molecule has 1 rings (SSSR count). The van der Waals surface area contributed by atoms with E-state index in [0.717, 1.165) is 11.1 Å². The number of carbonyl (C=O) groups excluding carboxylic acids is 2. The van der Waals surface area contributed by atoms with Crippen molar-refractivity contribution in [3.8, 4) is 0 Å². The second-order valence-electron chi connectivity index (χ2n) is 6.18. The van der Waals surface area contributed by atoms with Crippen LogP contribution in [0.1, 0.15) is 45.2 Å². The van der Waals surface area contributed by atoms with E-state index in [1.165, 1.54) is 0 Å². The Morgan fingerprint density at radius 3 is 2.45 bits per heavy atom. The Morgan fingerprint density at radius 2 is 1.91 bits per heavy atom. The number of aryl methyl sites for hydroxylation is 1. The third-order valence-corrected chi connectivity index (χ3v) is 3.59. The molecule has 0 heterocycles. The number of nitrogens with zero attached hydrogens (tertiary/aromatic N) is 1. The zero-order valence-corrected chi connectivity index (χ0v) is 14.3. The van der Waals surface area contributed by atoms with Crippen molar-refractivity contribution in [2.24, 2.45) is 5.92 Å². The van der Waals surface area contributed by atoms with Gasteiger partial charge in [0.05, 0.1) is 0 Å². The standard InChI is InChI=1S/C18H28N2O2/c1-6-17(21)20(12-16-9-7-8-14(4)10-16)15(5)18(22)19-11-13(2)3/h7-10,13,15H,6,11-12H2,1-5H3,(H,19,22)/t15-/m1/s1. The Labute approximate surface area is 133 Å². The molecular weight excluding hydrogens is 276 g/mol. The molecule has 0 radical (unpaired) electrons. The lowest BCUT2D eigenvalue weighted by molar-refractivity contribution is -0.140. The van der Waals surface area contributed by atoms with Crippen LogP contribution < -0.4 is 5.32 Å². The van der Waals surface area contributed by atoms with Crippen LogP contribution in [0.5, 0.6) is 0 Å². The first-order valence-corrected chi connectivity index (χ1v) is 7.97.